The number of aliphatic imine (C=N–C) groups is 1. The summed E-state index contributed by atoms with van der Waals surface area (Å²) in [5.74, 6) is 2.92. The number of rotatable bonds is 6. The van der Waals surface area contributed by atoms with Crippen molar-refractivity contribution in [2.75, 3.05) is 13.1 Å². The number of benzene rings is 1. The van der Waals surface area contributed by atoms with Crippen LogP contribution in [0.25, 0.3) is 11.4 Å². The van der Waals surface area contributed by atoms with E-state index in [9.17, 15) is 0 Å². The molecule has 29 heavy (non-hydrogen) atoms. The van der Waals surface area contributed by atoms with Crippen LogP contribution in [0.5, 0.6) is 0 Å². The van der Waals surface area contributed by atoms with Gasteiger partial charge in [0.05, 0.1) is 13.1 Å². The number of nitrogens with one attached hydrogen (secondary N) is 2. The lowest BCUT2D eigenvalue weighted by atomic mass is 10.1. The van der Waals surface area contributed by atoms with Gasteiger partial charge in [0.25, 0.3) is 0 Å². The van der Waals surface area contributed by atoms with E-state index in [1.165, 1.54) is 0 Å². The number of fused-ring (bicyclic) bond motifs is 1. The number of halogens is 1. The Balaban J connectivity index is 1.33. The van der Waals surface area contributed by atoms with E-state index in [2.05, 4.69) is 35.8 Å². The molecule has 152 valence electrons. The molecule has 0 bridgehead atoms. The maximum absolute atomic E-state index is 5.92. The summed E-state index contributed by atoms with van der Waals surface area (Å²) in [6.07, 6.45) is 4.08. The predicted octanol–water partition coefficient (Wildman–Crippen LogP) is 2.09. The zero-order chi connectivity index (χ0) is 20.1. The first-order chi connectivity index (χ1) is 14.2. The fourth-order valence-electron chi connectivity index (χ4n) is 3.20. The Hall–Kier alpha value is -2.94. The Morgan fingerprint density at radius 3 is 3.03 bits per heavy atom. The van der Waals surface area contributed by atoms with E-state index in [0.29, 0.717) is 29.7 Å². The van der Waals surface area contributed by atoms with Crippen LogP contribution in [0.4, 0.5) is 0 Å². The Morgan fingerprint density at radius 2 is 2.21 bits per heavy atom. The third-order valence-corrected chi connectivity index (χ3v) is 4.91. The normalized spacial score (nSPS) is 16.5. The maximum Gasteiger partial charge on any atom is 0.228 e. The molecule has 9 nitrogen and oxygen atoms in total. The van der Waals surface area contributed by atoms with Crippen LogP contribution in [0.1, 0.15) is 25.1 Å². The zero-order valence-corrected chi connectivity index (χ0v) is 16.9. The topological polar surface area (TPSA) is 106 Å². The van der Waals surface area contributed by atoms with Crippen molar-refractivity contribution < 1.29 is 4.52 Å². The van der Waals surface area contributed by atoms with E-state index >= 15 is 0 Å². The minimum absolute atomic E-state index is 0.266. The largest absolute Gasteiger partial charge is 0.357 e. The molecule has 2 aromatic heterocycles. The number of aryl methyl sites for hydroxylation is 1. The van der Waals surface area contributed by atoms with Crippen LogP contribution in [-0.4, -0.2) is 50.0 Å². The molecule has 1 unspecified atom stereocenters. The van der Waals surface area contributed by atoms with Crippen LogP contribution in [0.2, 0.25) is 5.02 Å². The third kappa shape index (κ3) is 4.92. The van der Waals surface area contributed by atoms with Crippen molar-refractivity contribution in [3.8, 4) is 11.4 Å². The summed E-state index contributed by atoms with van der Waals surface area (Å²) < 4.78 is 7.29. The highest BCUT2D eigenvalue weighted by molar-refractivity contribution is 6.30. The zero-order valence-electron chi connectivity index (χ0n) is 16.2. The van der Waals surface area contributed by atoms with E-state index < -0.39 is 0 Å². The minimum atomic E-state index is 0.266. The summed E-state index contributed by atoms with van der Waals surface area (Å²) in [5.41, 5.74) is 0.868. The van der Waals surface area contributed by atoms with Crippen molar-refractivity contribution in [3.05, 3.63) is 47.3 Å². The average molecular weight is 415 g/mol. The van der Waals surface area contributed by atoms with Crippen LogP contribution < -0.4 is 10.6 Å². The summed E-state index contributed by atoms with van der Waals surface area (Å²) in [4.78, 5) is 13.3. The summed E-state index contributed by atoms with van der Waals surface area (Å²) in [5, 5.41) is 15.7. The van der Waals surface area contributed by atoms with Gasteiger partial charge >= 0.3 is 0 Å². The molecule has 1 aliphatic heterocycles. The second-order valence-corrected chi connectivity index (χ2v) is 7.20. The van der Waals surface area contributed by atoms with Gasteiger partial charge in [-0.05, 0) is 37.6 Å². The Morgan fingerprint density at radius 1 is 1.34 bits per heavy atom. The van der Waals surface area contributed by atoms with Gasteiger partial charge in [-0.25, -0.2) is 9.67 Å². The van der Waals surface area contributed by atoms with Crippen molar-refractivity contribution in [1.82, 2.24) is 35.5 Å². The molecule has 10 heteroatoms. The van der Waals surface area contributed by atoms with Gasteiger partial charge in [0, 0.05) is 36.0 Å². The highest BCUT2D eigenvalue weighted by Crippen LogP contribution is 2.18. The van der Waals surface area contributed by atoms with Crippen LogP contribution in [0.15, 0.2) is 40.1 Å². The molecule has 3 heterocycles. The lowest BCUT2D eigenvalue weighted by molar-refractivity contribution is 0.379. The molecule has 2 N–H and O–H groups in total. The van der Waals surface area contributed by atoms with Gasteiger partial charge in [0.1, 0.15) is 12.2 Å². The predicted molar refractivity (Wildman–Crippen MR) is 110 cm³/mol. The van der Waals surface area contributed by atoms with Gasteiger partial charge in [-0.3, -0.25) is 4.99 Å². The number of hydrogen-bond donors (Lipinski definition) is 2. The molecule has 3 aromatic rings. The second-order valence-electron chi connectivity index (χ2n) is 6.77. The fourth-order valence-corrected chi connectivity index (χ4v) is 3.33. The Bertz CT molecular complexity index is 965. The molecule has 0 amide bonds. The molecule has 4 rings (SSSR count). The third-order valence-electron chi connectivity index (χ3n) is 4.66. The second kappa shape index (κ2) is 9.04. The molecule has 0 aliphatic carbocycles. The molecular weight excluding hydrogens is 392 g/mol. The van der Waals surface area contributed by atoms with Gasteiger partial charge < -0.3 is 15.2 Å². The van der Waals surface area contributed by atoms with Gasteiger partial charge in [-0.15, -0.1) is 0 Å². The summed E-state index contributed by atoms with van der Waals surface area (Å²) in [6.45, 7) is 4.16. The monoisotopic (exact) mass is 414 g/mol. The lowest BCUT2D eigenvalue weighted by Gasteiger charge is -2.25. The van der Waals surface area contributed by atoms with E-state index in [1.807, 2.05) is 23.7 Å². The van der Waals surface area contributed by atoms with Crippen LogP contribution in [-0.2, 0) is 19.4 Å². The average Bonchev–Trinajstić information content (AvgIpc) is 3.38. The van der Waals surface area contributed by atoms with Gasteiger partial charge in [-0.1, -0.05) is 16.8 Å². The Kier molecular flexibility index (Phi) is 6.04. The van der Waals surface area contributed by atoms with Gasteiger partial charge in [0.15, 0.2) is 5.96 Å². The van der Waals surface area contributed by atoms with E-state index in [0.717, 1.165) is 43.3 Å². The molecule has 0 spiro atoms. The first kappa shape index (κ1) is 19.4. The standard InChI is InChI=1S/C19H23ClN8O/c1-2-21-19(25-15-7-8-16-23-12-24-28(16)11-15)22-10-9-17-26-18(27-29-17)13-3-5-14(20)6-4-13/h3-6,12,15H,2,7-11H2,1H3,(H2,21,22,25). The van der Waals surface area contributed by atoms with Crippen molar-refractivity contribution >= 4 is 17.6 Å². The van der Waals surface area contributed by atoms with Crippen LogP contribution >= 0.6 is 11.6 Å². The summed E-state index contributed by atoms with van der Waals surface area (Å²) >= 11 is 5.92. The number of aromatic nitrogens is 5. The molecule has 1 aromatic carbocycles. The van der Waals surface area contributed by atoms with Gasteiger partial charge in [0.2, 0.25) is 11.7 Å². The highest BCUT2D eigenvalue weighted by atomic mass is 35.5. The van der Waals surface area contributed by atoms with Crippen LogP contribution in [0, 0.1) is 0 Å². The number of guanidine groups is 1. The van der Waals surface area contributed by atoms with Gasteiger partial charge in [-0.2, -0.15) is 10.1 Å². The molecule has 0 saturated carbocycles. The number of hydrogen-bond acceptors (Lipinski definition) is 6. The van der Waals surface area contributed by atoms with Crippen molar-refractivity contribution in [1.29, 1.82) is 0 Å². The summed E-state index contributed by atoms with van der Waals surface area (Å²) in [6, 6.07) is 7.61. The van der Waals surface area contributed by atoms with E-state index in [-0.39, 0.29) is 6.04 Å². The quantitative estimate of drug-likeness (QED) is 0.470. The SMILES string of the molecule is CCNC(=NCCc1nc(-c2ccc(Cl)cc2)no1)NC1CCc2ncnn2C1. The maximum atomic E-state index is 5.92. The van der Waals surface area contributed by atoms with Crippen LogP contribution in [0.3, 0.4) is 0 Å². The smallest absolute Gasteiger partial charge is 0.228 e. The molecular formula is C19H23ClN8O. The van der Waals surface area contributed by atoms with E-state index in [4.69, 9.17) is 16.1 Å². The molecule has 0 saturated heterocycles. The molecule has 1 atom stereocenters. The number of nitrogens with zero attached hydrogens (tertiary/aromatic N) is 6. The Labute approximate surface area is 173 Å². The first-order valence-corrected chi connectivity index (χ1v) is 10.1. The lowest BCUT2D eigenvalue weighted by Crippen LogP contribution is -2.47. The van der Waals surface area contributed by atoms with E-state index in [1.54, 1.807) is 18.5 Å². The highest BCUT2D eigenvalue weighted by Gasteiger charge is 2.20. The molecule has 0 radical (unpaired) electrons. The molecule has 0 fully saturated rings. The summed E-state index contributed by atoms with van der Waals surface area (Å²) in [7, 11) is 0. The van der Waals surface area contributed by atoms with Crippen molar-refractivity contribution in [2.45, 2.75) is 38.8 Å². The molecule has 1 aliphatic rings. The van der Waals surface area contributed by atoms with Crippen molar-refractivity contribution in [3.63, 3.8) is 0 Å². The minimum Gasteiger partial charge on any atom is -0.357 e. The van der Waals surface area contributed by atoms with Crippen molar-refractivity contribution in [2.24, 2.45) is 4.99 Å². The first-order valence-electron chi connectivity index (χ1n) is 9.71. The fraction of sp³-hybridized carbons (Fsp3) is 0.421.